The van der Waals surface area contributed by atoms with E-state index in [4.69, 9.17) is 4.74 Å². The number of carbonyl (C=O) groups excluding carboxylic acids is 1. The second-order valence-electron chi connectivity index (χ2n) is 3.52. The highest BCUT2D eigenvalue weighted by Crippen LogP contribution is 1.95. The molecular formula is C10H18N4O2. The molecule has 0 fully saturated rings. The van der Waals surface area contributed by atoms with Gasteiger partial charge in [0.15, 0.2) is 0 Å². The van der Waals surface area contributed by atoms with Gasteiger partial charge in [0.2, 0.25) is 5.91 Å². The lowest BCUT2D eigenvalue weighted by Crippen LogP contribution is -2.34. The number of amides is 1. The van der Waals surface area contributed by atoms with E-state index in [1.54, 1.807) is 6.92 Å². The Labute approximate surface area is 94.8 Å². The number of carbonyl (C=O) groups is 1. The second-order valence-corrected chi connectivity index (χ2v) is 3.52. The van der Waals surface area contributed by atoms with Gasteiger partial charge in [-0.05, 0) is 13.3 Å². The van der Waals surface area contributed by atoms with Crippen LogP contribution in [0.4, 0.5) is 0 Å². The first-order chi connectivity index (χ1) is 7.74. The van der Waals surface area contributed by atoms with Gasteiger partial charge < -0.3 is 10.1 Å². The van der Waals surface area contributed by atoms with Crippen molar-refractivity contribution in [3.8, 4) is 0 Å². The summed E-state index contributed by atoms with van der Waals surface area (Å²) >= 11 is 0. The van der Waals surface area contributed by atoms with Crippen LogP contribution in [0.1, 0.15) is 32.5 Å². The fourth-order valence-corrected chi connectivity index (χ4v) is 1.11. The SMILES string of the molecule is CCCCOC(C)C(=O)NCc1ncn[nH]1. The minimum Gasteiger partial charge on any atom is -0.369 e. The van der Waals surface area contributed by atoms with E-state index in [1.807, 2.05) is 0 Å². The van der Waals surface area contributed by atoms with Gasteiger partial charge in [-0.3, -0.25) is 9.89 Å². The fraction of sp³-hybridized carbons (Fsp3) is 0.700. The van der Waals surface area contributed by atoms with E-state index in [-0.39, 0.29) is 5.91 Å². The van der Waals surface area contributed by atoms with E-state index in [2.05, 4.69) is 27.4 Å². The number of ether oxygens (including phenoxy) is 1. The maximum absolute atomic E-state index is 11.5. The highest BCUT2D eigenvalue weighted by Gasteiger charge is 2.12. The molecular weight excluding hydrogens is 208 g/mol. The zero-order valence-electron chi connectivity index (χ0n) is 9.69. The number of hydrogen-bond acceptors (Lipinski definition) is 4. The minimum atomic E-state index is -0.422. The maximum atomic E-state index is 11.5. The number of rotatable bonds is 7. The molecule has 1 heterocycles. The quantitative estimate of drug-likeness (QED) is 0.668. The Balaban J connectivity index is 2.18. The van der Waals surface area contributed by atoms with Gasteiger partial charge >= 0.3 is 0 Å². The third-order valence-electron chi connectivity index (χ3n) is 2.13. The first-order valence-electron chi connectivity index (χ1n) is 5.47. The molecule has 2 N–H and O–H groups in total. The normalized spacial score (nSPS) is 12.4. The number of H-pyrrole nitrogens is 1. The summed E-state index contributed by atoms with van der Waals surface area (Å²) in [6, 6.07) is 0. The maximum Gasteiger partial charge on any atom is 0.249 e. The highest BCUT2D eigenvalue weighted by molar-refractivity contribution is 5.80. The summed E-state index contributed by atoms with van der Waals surface area (Å²) in [5.74, 6) is 0.501. The molecule has 6 heteroatoms. The molecule has 0 bridgehead atoms. The minimum absolute atomic E-state index is 0.132. The van der Waals surface area contributed by atoms with Crippen LogP contribution in [0.15, 0.2) is 6.33 Å². The van der Waals surface area contributed by atoms with Crippen molar-refractivity contribution in [3.05, 3.63) is 12.2 Å². The van der Waals surface area contributed by atoms with Gasteiger partial charge in [-0.15, -0.1) is 0 Å². The van der Waals surface area contributed by atoms with Gasteiger partial charge in [0.25, 0.3) is 0 Å². The molecule has 0 aliphatic rings. The Hall–Kier alpha value is -1.43. The van der Waals surface area contributed by atoms with Crippen LogP contribution in [0.5, 0.6) is 0 Å². The van der Waals surface area contributed by atoms with Crippen molar-refractivity contribution in [2.45, 2.75) is 39.3 Å². The Morgan fingerprint density at radius 3 is 3.12 bits per heavy atom. The summed E-state index contributed by atoms with van der Waals surface area (Å²) in [6.45, 7) is 4.79. The summed E-state index contributed by atoms with van der Waals surface area (Å²) in [4.78, 5) is 15.4. The number of aromatic nitrogens is 3. The molecule has 0 aliphatic heterocycles. The molecule has 6 nitrogen and oxygen atoms in total. The molecule has 0 aliphatic carbocycles. The van der Waals surface area contributed by atoms with Crippen molar-refractivity contribution in [2.75, 3.05) is 6.61 Å². The zero-order valence-corrected chi connectivity index (χ0v) is 9.69. The van der Waals surface area contributed by atoms with Gasteiger partial charge in [0.05, 0.1) is 6.54 Å². The Kier molecular flexibility index (Phi) is 5.49. The summed E-state index contributed by atoms with van der Waals surface area (Å²) in [5, 5.41) is 9.07. The van der Waals surface area contributed by atoms with E-state index in [0.717, 1.165) is 12.8 Å². The molecule has 0 saturated heterocycles. The number of unbranched alkanes of at least 4 members (excludes halogenated alkanes) is 1. The molecule has 90 valence electrons. The number of hydrogen-bond donors (Lipinski definition) is 2. The van der Waals surface area contributed by atoms with Crippen molar-refractivity contribution in [1.82, 2.24) is 20.5 Å². The Morgan fingerprint density at radius 2 is 2.50 bits per heavy atom. The van der Waals surface area contributed by atoms with E-state index >= 15 is 0 Å². The van der Waals surface area contributed by atoms with Crippen molar-refractivity contribution < 1.29 is 9.53 Å². The molecule has 1 aromatic heterocycles. The molecule has 0 radical (unpaired) electrons. The number of nitrogens with zero attached hydrogens (tertiary/aromatic N) is 2. The molecule has 1 rings (SSSR count). The highest BCUT2D eigenvalue weighted by atomic mass is 16.5. The number of nitrogens with one attached hydrogen (secondary N) is 2. The van der Waals surface area contributed by atoms with Gasteiger partial charge in [-0.2, -0.15) is 5.10 Å². The van der Waals surface area contributed by atoms with Crippen molar-refractivity contribution in [1.29, 1.82) is 0 Å². The predicted molar refractivity (Wildman–Crippen MR) is 58.6 cm³/mol. The van der Waals surface area contributed by atoms with Gasteiger partial charge in [0, 0.05) is 6.61 Å². The lowest BCUT2D eigenvalue weighted by atomic mass is 10.3. The van der Waals surface area contributed by atoms with Crippen molar-refractivity contribution in [3.63, 3.8) is 0 Å². The Bertz CT molecular complexity index is 300. The summed E-state index contributed by atoms with van der Waals surface area (Å²) in [5.41, 5.74) is 0. The molecule has 1 atom stereocenters. The van der Waals surface area contributed by atoms with Crippen LogP contribution in [0.2, 0.25) is 0 Å². The molecule has 16 heavy (non-hydrogen) atoms. The number of aromatic amines is 1. The lowest BCUT2D eigenvalue weighted by molar-refractivity contribution is -0.132. The van der Waals surface area contributed by atoms with Crippen LogP contribution in [-0.4, -0.2) is 33.8 Å². The van der Waals surface area contributed by atoms with Crippen molar-refractivity contribution >= 4 is 5.91 Å². The first-order valence-corrected chi connectivity index (χ1v) is 5.47. The third-order valence-corrected chi connectivity index (χ3v) is 2.13. The standard InChI is InChI=1S/C10H18N4O2/c1-3-4-5-16-8(2)10(15)11-6-9-12-7-13-14-9/h7-8H,3-6H2,1-2H3,(H,11,15)(H,12,13,14). The van der Waals surface area contributed by atoms with Crippen LogP contribution in [-0.2, 0) is 16.1 Å². The molecule has 0 aromatic carbocycles. The predicted octanol–water partition coefficient (Wildman–Crippen LogP) is 0.626. The second kappa shape index (κ2) is 6.95. The summed E-state index contributed by atoms with van der Waals surface area (Å²) < 4.78 is 5.36. The molecule has 1 amide bonds. The fourth-order valence-electron chi connectivity index (χ4n) is 1.11. The topological polar surface area (TPSA) is 79.9 Å². The molecule has 0 spiro atoms. The van der Waals surface area contributed by atoms with E-state index < -0.39 is 6.10 Å². The van der Waals surface area contributed by atoms with Crippen molar-refractivity contribution in [2.24, 2.45) is 0 Å². The van der Waals surface area contributed by atoms with Crippen LogP contribution in [0.3, 0.4) is 0 Å². The van der Waals surface area contributed by atoms with E-state index in [1.165, 1.54) is 6.33 Å². The largest absolute Gasteiger partial charge is 0.369 e. The van der Waals surface area contributed by atoms with Crippen LogP contribution >= 0.6 is 0 Å². The molecule has 1 unspecified atom stereocenters. The van der Waals surface area contributed by atoms with E-state index in [9.17, 15) is 4.79 Å². The summed E-state index contributed by atoms with van der Waals surface area (Å²) in [7, 11) is 0. The first kappa shape index (κ1) is 12.6. The van der Waals surface area contributed by atoms with Gasteiger partial charge in [0.1, 0.15) is 18.3 Å². The average molecular weight is 226 g/mol. The average Bonchev–Trinajstić information content (AvgIpc) is 2.79. The smallest absolute Gasteiger partial charge is 0.249 e. The lowest BCUT2D eigenvalue weighted by Gasteiger charge is -2.12. The third kappa shape index (κ3) is 4.39. The monoisotopic (exact) mass is 226 g/mol. The van der Waals surface area contributed by atoms with Crippen LogP contribution in [0.25, 0.3) is 0 Å². The van der Waals surface area contributed by atoms with E-state index in [0.29, 0.717) is 19.0 Å². The zero-order chi connectivity index (χ0) is 11.8. The summed E-state index contributed by atoms with van der Waals surface area (Å²) in [6.07, 6.45) is 3.02. The molecule has 1 aromatic rings. The Morgan fingerprint density at radius 1 is 1.69 bits per heavy atom. The van der Waals surface area contributed by atoms with Gasteiger partial charge in [-0.25, -0.2) is 4.98 Å². The van der Waals surface area contributed by atoms with Crippen LogP contribution < -0.4 is 5.32 Å². The van der Waals surface area contributed by atoms with Crippen LogP contribution in [0, 0.1) is 0 Å². The molecule has 0 saturated carbocycles. The van der Waals surface area contributed by atoms with Gasteiger partial charge in [-0.1, -0.05) is 13.3 Å².